The Kier molecular flexibility index (Phi) is 4.59. The van der Waals surface area contributed by atoms with E-state index in [1.54, 1.807) is 13.0 Å². The Morgan fingerprint density at radius 1 is 1.27 bits per heavy atom. The molecule has 2 unspecified atom stereocenters. The minimum absolute atomic E-state index is 0.243. The first kappa shape index (κ1) is 12.0. The molecule has 1 aromatic carbocycles. The minimum atomic E-state index is -0.504. The third-order valence-corrected chi connectivity index (χ3v) is 2.14. The number of hydrogen-bond acceptors (Lipinski definition) is 3. The quantitative estimate of drug-likeness (QED) is 0.780. The molecule has 15 heavy (non-hydrogen) atoms. The van der Waals surface area contributed by atoms with E-state index in [0.29, 0.717) is 12.2 Å². The van der Waals surface area contributed by atoms with Crippen molar-refractivity contribution in [2.75, 3.05) is 6.61 Å². The summed E-state index contributed by atoms with van der Waals surface area (Å²) >= 11 is 0. The Bertz CT molecular complexity index is 297. The van der Waals surface area contributed by atoms with Gasteiger partial charge in [-0.2, -0.15) is 0 Å². The van der Waals surface area contributed by atoms with Crippen LogP contribution in [0.1, 0.15) is 31.9 Å². The van der Waals surface area contributed by atoms with E-state index in [4.69, 9.17) is 9.84 Å². The topological polar surface area (TPSA) is 49.7 Å². The molecule has 0 aliphatic heterocycles. The van der Waals surface area contributed by atoms with E-state index in [-0.39, 0.29) is 6.61 Å². The van der Waals surface area contributed by atoms with Crippen molar-refractivity contribution >= 4 is 0 Å². The molecule has 0 heterocycles. The molecule has 1 aromatic rings. The van der Waals surface area contributed by atoms with Crippen molar-refractivity contribution in [2.24, 2.45) is 0 Å². The van der Waals surface area contributed by atoms with Gasteiger partial charge in [0.25, 0.3) is 0 Å². The molecule has 0 saturated carbocycles. The highest BCUT2D eigenvalue weighted by atomic mass is 16.5. The SMILES string of the molecule is CCC(O)c1ccccc1OCC(C)O. The van der Waals surface area contributed by atoms with Crippen molar-refractivity contribution in [3.8, 4) is 5.75 Å². The molecule has 0 fully saturated rings. The van der Waals surface area contributed by atoms with Crippen LogP contribution in [0.2, 0.25) is 0 Å². The second kappa shape index (κ2) is 5.73. The van der Waals surface area contributed by atoms with Gasteiger partial charge in [-0.3, -0.25) is 0 Å². The van der Waals surface area contributed by atoms with Gasteiger partial charge in [-0.15, -0.1) is 0 Å². The average Bonchev–Trinajstić information content (AvgIpc) is 2.25. The van der Waals surface area contributed by atoms with Crippen LogP contribution in [-0.2, 0) is 0 Å². The van der Waals surface area contributed by atoms with Crippen LogP contribution in [0.3, 0.4) is 0 Å². The Morgan fingerprint density at radius 2 is 1.93 bits per heavy atom. The Hall–Kier alpha value is -1.06. The van der Waals surface area contributed by atoms with Gasteiger partial charge in [-0.05, 0) is 19.4 Å². The van der Waals surface area contributed by atoms with Crippen LogP contribution in [0.15, 0.2) is 24.3 Å². The molecule has 84 valence electrons. The fourth-order valence-electron chi connectivity index (χ4n) is 1.32. The molecule has 0 amide bonds. The largest absolute Gasteiger partial charge is 0.491 e. The van der Waals surface area contributed by atoms with Crippen molar-refractivity contribution < 1.29 is 14.9 Å². The van der Waals surface area contributed by atoms with Crippen molar-refractivity contribution in [3.63, 3.8) is 0 Å². The summed E-state index contributed by atoms with van der Waals surface area (Å²) in [4.78, 5) is 0. The zero-order valence-electron chi connectivity index (χ0n) is 9.18. The summed E-state index contributed by atoms with van der Waals surface area (Å²) < 4.78 is 5.41. The molecule has 2 N–H and O–H groups in total. The maximum atomic E-state index is 9.73. The van der Waals surface area contributed by atoms with E-state index in [1.807, 2.05) is 25.1 Å². The van der Waals surface area contributed by atoms with Crippen molar-refractivity contribution in [2.45, 2.75) is 32.5 Å². The van der Waals surface area contributed by atoms with Crippen LogP contribution in [0, 0.1) is 0 Å². The maximum Gasteiger partial charge on any atom is 0.125 e. The Balaban J connectivity index is 2.77. The van der Waals surface area contributed by atoms with E-state index in [0.717, 1.165) is 5.56 Å². The molecule has 0 spiro atoms. The van der Waals surface area contributed by atoms with Crippen LogP contribution >= 0.6 is 0 Å². The summed E-state index contributed by atoms with van der Waals surface area (Å²) in [6, 6.07) is 7.36. The summed E-state index contributed by atoms with van der Waals surface area (Å²) in [6.07, 6.45) is -0.360. The minimum Gasteiger partial charge on any atom is -0.491 e. The van der Waals surface area contributed by atoms with Gasteiger partial charge in [0.15, 0.2) is 0 Å². The number of benzene rings is 1. The third-order valence-electron chi connectivity index (χ3n) is 2.14. The maximum absolute atomic E-state index is 9.73. The summed E-state index contributed by atoms with van der Waals surface area (Å²) in [5.41, 5.74) is 0.778. The summed E-state index contributed by atoms with van der Waals surface area (Å²) in [5, 5.41) is 18.8. The van der Waals surface area contributed by atoms with E-state index < -0.39 is 12.2 Å². The number of aliphatic hydroxyl groups excluding tert-OH is 2. The first-order chi connectivity index (χ1) is 7.15. The molecule has 3 heteroatoms. The summed E-state index contributed by atoms with van der Waals surface area (Å²) in [7, 11) is 0. The van der Waals surface area contributed by atoms with Crippen molar-refractivity contribution in [3.05, 3.63) is 29.8 Å². The zero-order chi connectivity index (χ0) is 11.3. The van der Waals surface area contributed by atoms with Gasteiger partial charge in [0, 0.05) is 5.56 Å². The molecular weight excluding hydrogens is 192 g/mol. The van der Waals surface area contributed by atoms with Crippen molar-refractivity contribution in [1.29, 1.82) is 0 Å². The zero-order valence-corrected chi connectivity index (χ0v) is 9.18. The molecule has 0 bridgehead atoms. The lowest BCUT2D eigenvalue weighted by Gasteiger charge is -2.15. The molecule has 2 atom stereocenters. The predicted octanol–water partition coefficient (Wildman–Crippen LogP) is 1.89. The van der Waals surface area contributed by atoms with Crippen molar-refractivity contribution in [1.82, 2.24) is 0 Å². The van der Waals surface area contributed by atoms with E-state index >= 15 is 0 Å². The molecule has 0 aliphatic rings. The smallest absolute Gasteiger partial charge is 0.125 e. The van der Waals surface area contributed by atoms with Crippen LogP contribution in [0.4, 0.5) is 0 Å². The number of para-hydroxylation sites is 1. The number of aliphatic hydroxyl groups is 2. The van der Waals surface area contributed by atoms with E-state index in [9.17, 15) is 5.11 Å². The lowest BCUT2D eigenvalue weighted by atomic mass is 10.1. The van der Waals surface area contributed by atoms with E-state index in [2.05, 4.69) is 0 Å². The molecule has 0 radical (unpaired) electrons. The fraction of sp³-hybridized carbons (Fsp3) is 0.500. The molecule has 0 aliphatic carbocycles. The van der Waals surface area contributed by atoms with Gasteiger partial charge in [0.05, 0.1) is 12.2 Å². The second-order valence-electron chi connectivity index (χ2n) is 3.62. The van der Waals surface area contributed by atoms with E-state index in [1.165, 1.54) is 0 Å². The molecule has 1 rings (SSSR count). The second-order valence-corrected chi connectivity index (χ2v) is 3.62. The van der Waals surface area contributed by atoms with Crippen LogP contribution < -0.4 is 4.74 Å². The fourth-order valence-corrected chi connectivity index (χ4v) is 1.32. The summed E-state index contributed by atoms with van der Waals surface area (Å²) in [6.45, 7) is 3.82. The Morgan fingerprint density at radius 3 is 2.53 bits per heavy atom. The third kappa shape index (κ3) is 3.53. The Labute approximate surface area is 90.3 Å². The normalized spacial score (nSPS) is 14.7. The molecular formula is C12H18O3. The number of hydrogen-bond donors (Lipinski definition) is 2. The van der Waals surface area contributed by atoms with Gasteiger partial charge in [0.1, 0.15) is 12.4 Å². The molecule has 0 aromatic heterocycles. The number of rotatable bonds is 5. The standard InChI is InChI=1S/C12H18O3/c1-3-11(14)10-6-4-5-7-12(10)15-8-9(2)13/h4-7,9,11,13-14H,3,8H2,1-2H3. The van der Waals surface area contributed by atoms with Gasteiger partial charge in [-0.25, -0.2) is 0 Å². The summed E-state index contributed by atoms with van der Waals surface area (Å²) in [5.74, 6) is 0.646. The lowest BCUT2D eigenvalue weighted by Crippen LogP contribution is -2.14. The molecule has 3 nitrogen and oxygen atoms in total. The van der Waals surface area contributed by atoms with Gasteiger partial charge in [0.2, 0.25) is 0 Å². The van der Waals surface area contributed by atoms with Gasteiger partial charge >= 0.3 is 0 Å². The van der Waals surface area contributed by atoms with Gasteiger partial charge in [-0.1, -0.05) is 25.1 Å². The van der Waals surface area contributed by atoms with Crippen LogP contribution in [-0.4, -0.2) is 22.9 Å². The highest BCUT2D eigenvalue weighted by Gasteiger charge is 2.11. The first-order valence-corrected chi connectivity index (χ1v) is 5.23. The van der Waals surface area contributed by atoms with Crippen LogP contribution in [0.5, 0.6) is 5.75 Å². The highest BCUT2D eigenvalue weighted by Crippen LogP contribution is 2.26. The molecule has 0 saturated heterocycles. The predicted molar refractivity (Wildman–Crippen MR) is 58.9 cm³/mol. The lowest BCUT2D eigenvalue weighted by molar-refractivity contribution is 0.116. The average molecular weight is 210 g/mol. The van der Waals surface area contributed by atoms with Gasteiger partial charge < -0.3 is 14.9 Å². The highest BCUT2D eigenvalue weighted by molar-refractivity contribution is 5.34. The van der Waals surface area contributed by atoms with Crippen LogP contribution in [0.25, 0.3) is 0 Å². The first-order valence-electron chi connectivity index (χ1n) is 5.23. The monoisotopic (exact) mass is 210 g/mol. The number of ether oxygens (including phenoxy) is 1.